The van der Waals surface area contributed by atoms with Gasteiger partial charge in [-0.15, -0.1) is 0 Å². The third kappa shape index (κ3) is 2.67. The molecule has 3 atom stereocenters. The molecule has 110 valence electrons. The van der Waals surface area contributed by atoms with E-state index >= 15 is 0 Å². The summed E-state index contributed by atoms with van der Waals surface area (Å²) in [5.74, 6) is -0.118. The first-order chi connectivity index (χ1) is 9.39. The fourth-order valence-corrected chi connectivity index (χ4v) is 2.48. The Labute approximate surface area is 121 Å². The summed E-state index contributed by atoms with van der Waals surface area (Å²) in [5, 5.41) is 10.8. The Bertz CT molecular complexity index is 519. The van der Waals surface area contributed by atoms with Crippen LogP contribution in [0.5, 0.6) is 11.5 Å². The van der Waals surface area contributed by atoms with Gasteiger partial charge in [0.2, 0.25) is 0 Å². The summed E-state index contributed by atoms with van der Waals surface area (Å²) in [4.78, 5) is 11.4. The normalized spacial score (nSPS) is 29.2. The molecule has 1 aromatic carbocycles. The summed E-state index contributed by atoms with van der Waals surface area (Å²) in [6.45, 7) is 1.55. The molecule has 0 radical (unpaired) electrons. The molecule has 6 nitrogen and oxygen atoms in total. The number of carbonyl (C=O) groups is 1. The third-order valence-electron chi connectivity index (χ3n) is 3.07. The highest BCUT2D eigenvalue weighted by molar-refractivity contribution is 6.22. The summed E-state index contributed by atoms with van der Waals surface area (Å²) in [6.07, 6.45) is -0.778. The van der Waals surface area contributed by atoms with Gasteiger partial charge < -0.3 is 19.3 Å². The molecule has 0 saturated carbocycles. The number of hydrogen-bond donors (Lipinski definition) is 2. The topological polar surface area (TPSA) is 77.0 Å². The average Bonchev–Trinajstić information content (AvgIpc) is 2.73. The average molecular weight is 302 g/mol. The van der Waals surface area contributed by atoms with Gasteiger partial charge in [-0.05, 0) is 13.0 Å². The van der Waals surface area contributed by atoms with Gasteiger partial charge in [0.25, 0.3) is 0 Å². The van der Waals surface area contributed by atoms with Gasteiger partial charge in [0.05, 0.1) is 14.2 Å². The Kier molecular flexibility index (Phi) is 4.08. The molecule has 0 bridgehead atoms. The number of para-hydroxylation sites is 1. The second-order valence-electron chi connectivity index (χ2n) is 4.50. The van der Waals surface area contributed by atoms with E-state index in [0.717, 1.165) is 0 Å². The van der Waals surface area contributed by atoms with Crippen LogP contribution in [-0.4, -0.2) is 36.5 Å². The zero-order valence-electron chi connectivity index (χ0n) is 11.3. The number of methoxy groups -OCH3 is 2. The van der Waals surface area contributed by atoms with Crippen molar-refractivity contribution in [2.24, 2.45) is 0 Å². The van der Waals surface area contributed by atoms with Gasteiger partial charge in [0.15, 0.2) is 16.7 Å². The van der Waals surface area contributed by atoms with Crippen LogP contribution >= 0.6 is 11.6 Å². The molecule has 3 unspecified atom stereocenters. The van der Waals surface area contributed by atoms with Crippen LogP contribution in [0.3, 0.4) is 0 Å². The number of hydrogen-bond acceptors (Lipinski definition) is 5. The van der Waals surface area contributed by atoms with Gasteiger partial charge in [0.1, 0.15) is 12.1 Å². The Balaban J connectivity index is 2.47. The van der Waals surface area contributed by atoms with Crippen molar-refractivity contribution in [1.29, 1.82) is 0 Å². The Morgan fingerprint density at radius 2 is 2.15 bits per heavy atom. The smallest absolute Gasteiger partial charge is 0.323 e. The molecule has 1 heterocycles. The number of nitrogens with one attached hydrogen (secondary N) is 1. The summed E-state index contributed by atoms with van der Waals surface area (Å²) in [6, 6.07) is 4.21. The molecule has 2 rings (SSSR count). The van der Waals surface area contributed by atoms with Crippen molar-refractivity contribution in [1.82, 2.24) is 5.32 Å². The van der Waals surface area contributed by atoms with E-state index < -0.39 is 23.3 Å². The van der Waals surface area contributed by atoms with Crippen molar-refractivity contribution < 1.29 is 24.1 Å². The molecular formula is C13H16ClNO5. The molecule has 0 amide bonds. The lowest BCUT2D eigenvalue weighted by Gasteiger charge is -2.20. The van der Waals surface area contributed by atoms with E-state index in [0.29, 0.717) is 17.1 Å². The quantitative estimate of drug-likeness (QED) is 0.651. The van der Waals surface area contributed by atoms with Gasteiger partial charge >= 0.3 is 5.97 Å². The molecule has 1 fully saturated rings. The summed E-state index contributed by atoms with van der Waals surface area (Å²) in [5.41, 5.74) is 0.566. The molecule has 1 aromatic rings. The third-order valence-corrected chi connectivity index (χ3v) is 3.27. The SMILES string of the molecule is COc1cccc(C2OC(C)(Cl)NC2C(=O)O)c1OC. The van der Waals surface area contributed by atoms with Crippen molar-refractivity contribution in [2.75, 3.05) is 14.2 Å². The number of ether oxygens (including phenoxy) is 3. The lowest BCUT2D eigenvalue weighted by atomic mass is 10.0. The molecule has 0 aliphatic carbocycles. The predicted molar refractivity (Wildman–Crippen MR) is 72.2 cm³/mol. The monoisotopic (exact) mass is 301 g/mol. The lowest BCUT2D eigenvalue weighted by molar-refractivity contribution is -0.140. The maximum Gasteiger partial charge on any atom is 0.323 e. The van der Waals surface area contributed by atoms with E-state index in [1.807, 2.05) is 0 Å². The molecular weight excluding hydrogens is 286 g/mol. The summed E-state index contributed by atoms with van der Waals surface area (Å²) < 4.78 is 16.1. The molecule has 1 aliphatic heterocycles. The van der Waals surface area contributed by atoms with E-state index in [1.54, 1.807) is 25.1 Å². The number of aliphatic carboxylic acids is 1. The van der Waals surface area contributed by atoms with Gasteiger partial charge in [-0.3, -0.25) is 10.1 Å². The molecule has 1 aliphatic rings. The molecule has 7 heteroatoms. The molecule has 2 N–H and O–H groups in total. The number of rotatable bonds is 4. The van der Waals surface area contributed by atoms with Crippen LogP contribution in [0.15, 0.2) is 18.2 Å². The van der Waals surface area contributed by atoms with E-state index in [4.69, 9.17) is 25.8 Å². The maximum atomic E-state index is 11.4. The van der Waals surface area contributed by atoms with E-state index in [9.17, 15) is 9.90 Å². The second-order valence-corrected chi connectivity index (χ2v) is 5.22. The van der Waals surface area contributed by atoms with Crippen molar-refractivity contribution >= 4 is 17.6 Å². The first kappa shape index (κ1) is 14.9. The standard InChI is InChI=1S/C13H16ClNO5/c1-13(14)15-9(12(16)17)11(20-13)7-5-4-6-8(18-2)10(7)19-3/h4-6,9,11,15H,1-3H3,(H,16,17). The van der Waals surface area contributed by atoms with Crippen LogP contribution in [0, 0.1) is 0 Å². The highest BCUT2D eigenvalue weighted by Crippen LogP contribution is 2.42. The predicted octanol–water partition coefficient (Wildman–Crippen LogP) is 1.73. The first-order valence-electron chi connectivity index (χ1n) is 5.97. The first-order valence-corrected chi connectivity index (χ1v) is 6.35. The Morgan fingerprint density at radius 1 is 1.45 bits per heavy atom. The summed E-state index contributed by atoms with van der Waals surface area (Å²) >= 11 is 6.05. The molecule has 0 spiro atoms. The van der Waals surface area contributed by atoms with Crippen molar-refractivity contribution in [3.05, 3.63) is 23.8 Å². The highest BCUT2D eigenvalue weighted by atomic mass is 35.5. The lowest BCUT2D eigenvalue weighted by Crippen LogP contribution is -2.41. The van der Waals surface area contributed by atoms with Crippen LogP contribution in [0.2, 0.25) is 0 Å². The van der Waals surface area contributed by atoms with Crippen LogP contribution in [0.4, 0.5) is 0 Å². The van der Waals surface area contributed by atoms with E-state index in [-0.39, 0.29) is 0 Å². The minimum absolute atomic E-state index is 0.433. The minimum Gasteiger partial charge on any atom is -0.493 e. The van der Waals surface area contributed by atoms with Gasteiger partial charge in [-0.1, -0.05) is 23.7 Å². The largest absolute Gasteiger partial charge is 0.493 e. The van der Waals surface area contributed by atoms with Gasteiger partial charge in [-0.2, -0.15) is 0 Å². The highest BCUT2D eigenvalue weighted by Gasteiger charge is 2.47. The van der Waals surface area contributed by atoms with E-state index in [2.05, 4.69) is 5.32 Å². The van der Waals surface area contributed by atoms with E-state index in [1.165, 1.54) is 14.2 Å². The number of alkyl halides is 1. The maximum absolute atomic E-state index is 11.4. The summed E-state index contributed by atoms with van der Waals surface area (Å²) in [7, 11) is 3.00. The van der Waals surface area contributed by atoms with Crippen LogP contribution in [-0.2, 0) is 9.53 Å². The fourth-order valence-electron chi connectivity index (χ4n) is 2.26. The fraction of sp³-hybridized carbons (Fsp3) is 0.462. The number of carboxylic acids is 1. The second kappa shape index (κ2) is 5.47. The van der Waals surface area contributed by atoms with Crippen LogP contribution in [0.1, 0.15) is 18.6 Å². The van der Waals surface area contributed by atoms with Gasteiger partial charge in [0, 0.05) is 5.56 Å². The van der Waals surface area contributed by atoms with Crippen molar-refractivity contribution in [3.8, 4) is 11.5 Å². The van der Waals surface area contributed by atoms with Crippen LogP contribution in [0.25, 0.3) is 0 Å². The number of halogens is 1. The zero-order chi connectivity index (χ0) is 14.9. The Morgan fingerprint density at radius 3 is 2.70 bits per heavy atom. The number of carboxylic acid groups (broad SMARTS) is 1. The molecule has 0 aromatic heterocycles. The molecule has 20 heavy (non-hydrogen) atoms. The van der Waals surface area contributed by atoms with Crippen molar-refractivity contribution in [3.63, 3.8) is 0 Å². The zero-order valence-corrected chi connectivity index (χ0v) is 12.1. The van der Waals surface area contributed by atoms with Crippen LogP contribution < -0.4 is 14.8 Å². The number of benzene rings is 1. The molecule has 1 saturated heterocycles. The van der Waals surface area contributed by atoms with Gasteiger partial charge in [-0.25, -0.2) is 0 Å². The van der Waals surface area contributed by atoms with Crippen molar-refractivity contribution in [2.45, 2.75) is 24.3 Å². The Hall–Kier alpha value is -1.50. The minimum atomic E-state index is -1.25.